The molecule has 3 aromatic rings. The third-order valence-electron chi connectivity index (χ3n) is 6.00. The molecule has 2 aliphatic rings. The van der Waals surface area contributed by atoms with Crippen LogP contribution in [0.2, 0.25) is 0 Å². The van der Waals surface area contributed by atoms with Crippen molar-refractivity contribution >= 4 is 5.78 Å². The van der Waals surface area contributed by atoms with Gasteiger partial charge in [-0.05, 0) is 29.8 Å². The minimum atomic E-state index is -1.62. The van der Waals surface area contributed by atoms with Crippen LogP contribution in [-0.2, 0) is 0 Å². The Labute approximate surface area is 199 Å². The van der Waals surface area contributed by atoms with Crippen LogP contribution in [0.25, 0.3) is 0 Å². The van der Waals surface area contributed by atoms with Crippen molar-refractivity contribution in [2.45, 2.75) is 24.4 Å². The number of Topliss-reactive ketones (excluding diaryl/α,β-unsaturated/α-hetero) is 1. The van der Waals surface area contributed by atoms with Gasteiger partial charge in [0.1, 0.15) is 22.8 Å². The average molecular weight is 482 g/mol. The maximum Gasteiger partial charge on any atom is 0.202 e. The standard InChI is InChI=1S/C25H22O10/c1-32-17-6-11(2-4-14(17)28)24-20(10-26)33-18-7-12(3-5-16(18)34-24)25-23(31)22(30)21-15(29)8-13(27)9-19(21)35-25/h2-9,20,23-29,31H,10H2,1H3/t20-,23?,24-,25?/m0/s1. The van der Waals surface area contributed by atoms with E-state index in [0.717, 1.165) is 6.07 Å². The van der Waals surface area contributed by atoms with Gasteiger partial charge < -0.3 is 44.5 Å². The zero-order chi connectivity index (χ0) is 24.9. The fraction of sp³-hybridized carbons (Fsp3) is 0.240. The molecule has 0 saturated heterocycles. The van der Waals surface area contributed by atoms with E-state index in [2.05, 4.69) is 0 Å². The molecule has 182 valence electrons. The van der Waals surface area contributed by atoms with E-state index in [1.54, 1.807) is 24.3 Å². The quantitative estimate of drug-likeness (QED) is 0.374. The lowest BCUT2D eigenvalue weighted by Gasteiger charge is -2.35. The highest BCUT2D eigenvalue weighted by atomic mass is 16.6. The van der Waals surface area contributed by atoms with Crippen LogP contribution in [0.4, 0.5) is 0 Å². The number of ketones is 1. The van der Waals surface area contributed by atoms with Gasteiger partial charge in [0.2, 0.25) is 5.78 Å². The van der Waals surface area contributed by atoms with Crippen LogP contribution < -0.4 is 18.9 Å². The molecular formula is C25H22O10. The largest absolute Gasteiger partial charge is 0.508 e. The molecule has 0 saturated carbocycles. The first-order valence-corrected chi connectivity index (χ1v) is 10.7. The lowest BCUT2D eigenvalue weighted by molar-refractivity contribution is -0.0130. The number of phenolic OH excluding ortho intramolecular Hbond substituents is 3. The molecule has 0 aromatic heterocycles. The van der Waals surface area contributed by atoms with Crippen LogP contribution >= 0.6 is 0 Å². The van der Waals surface area contributed by atoms with Crippen molar-refractivity contribution < 1.29 is 49.3 Å². The number of aromatic hydroxyl groups is 3. The first-order valence-electron chi connectivity index (χ1n) is 10.7. The van der Waals surface area contributed by atoms with Crippen molar-refractivity contribution in [1.29, 1.82) is 0 Å². The highest BCUT2D eigenvalue weighted by Crippen LogP contribution is 2.45. The second kappa shape index (κ2) is 8.57. The van der Waals surface area contributed by atoms with Crippen LogP contribution in [0.1, 0.15) is 33.7 Å². The van der Waals surface area contributed by atoms with E-state index in [1.165, 1.54) is 25.3 Å². The zero-order valence-electron chi connectivity index (χ0n) is 18.4. The zero-order valence-corrected chi connectivity index (χ0v) is 18.4. The lowest BCUT2D eigenvalue weighted by Crippen LogP contribution is -2.37. The SMILES string of the molecule is COc1cc([C@@H]2Oc3ccc(C4Oc5cc(O)cc(O)c5C(=O)C4O)cc3O[C@H]2CO)ccc1O. The number of benzene rings is 3. The molecule has 5 N–H and O–H groups in total. The van der Waals surface area contributed by atoms with Crippen molar-refractivity contribution in [3.8, 4) is 40.2 Å². The Kier molecular flexibility index (Phi) is 5.54. The maximum absolute atomic E-state index is 12.7. The predicted molar refractivity (Wildman–Crippen MR) is 119 cm³/mol. The Hall–Kier alpha value is -4.15. The number of carbonyl (C=O) groups excluding carboxylic acids is 1. The smallest absolute Gasteiger partial charge is 0.202 e. The molecule has 0 radical (unpaired) electrons. The molecule has 5 rings (SSSR count). The molecule has 0 bridgehead atoms. The Morgan fingerprint density at radius 2 is 1.54 bits per heavy atom. The summed E-state index contributed by atoms with van der Waals surface area (Å²) in [7, 11) is 1.42. The van der Waals surface area contributed by atoms with Gasteiger partial charge in [0.25, 0.3) is 0 Å². The maximum atomic E-state index is 12.7. The fourth-order valence-corrected chi connectivity index (χ4v) is 4.28. The van der Waals surface area contributed by atoms with E-state index in [4.69, 9.17) is 18.9 Å². The third-order valence-corrected chi connectivity index (χ3v) is 6.00. The van der Waals surface area contributed by atoms with Gasteiger partial charge in [-0.15, -0.1) is 0 Å². The van der Waals surface area contributed by atoms with Gasteiger partial charge in [0, 0.05) is 17.7 Å². The first-order chi connectivity index (χ1) is 16.8. The third kappa shape index (κ3) is 3.82. The molecule has 3 aromatic carbocycles. The van der Waals surface area contributed by atoms with Gasteiger partial charge in [-0.25, -0.2) is 0 Å². The van der Waals surface area contributed by atoms with Crippen molar-refractivity contribution in [2.75, 3.05) is 13.7 Å². The Bertz CT molecular complexity index is 1300. The summed E-state index contributed by atoms with van der Waals surface area (Å²) in [5.41, 5.74) is 0.779. The van der Waals surface area contributed by atoms with Crippen molar-refractivity contribution in [3.63, 3.8) is 0 Å². The summed E-state index contributed by atoms with van der Waals surface area (Å²) in [4.78, 5) is 12.7. The van der Waals surface area contributed by atoms with Gasteiger partial charge >= 0.3 is 0 Å². The molecule has 0 aliphatic carbocycles. The van der Waals surface area contributed by atoms with Crippen molar-refractivity contribution in [2.24, 2.45) is 0 Å². The number of aliphatic hydroxyl groups excluding tert-OH is 2. The molecule has 2 unspecified atom stereocenters. The summed E-state index contributed by atoms with van der Waals surface area (Å²) in [6, 6.07) is 11.6. The number of hydrogen-bond acceptors (Lipinski definition) is 10. The number of methoxy groups -OCH3 is 1. The van der Waals surface area contributed by atoms with E-state index in [1.807, 2.05) is 0 Å². The van der Waals surface area contributed by atoms with Gasteiger partial charge in [-0.1, -0.05) is 12.1 Å². The predicted octanol–water partition coefficient (Wildman–Crippen LogP) is 2.36. The number of aliphatic hydroxyl groups is 2. The molecular weight excluding hydrogens is 460 g/mol. The molecule has 10 heteroatoms. The summed E-state index contributed by atoms with van der Waals surface area (Å²) in [5.74, 6) is -0.789. The van der Waals surface area contributed by atoms with Gasteiger partial charge in [-0.3, -0.25) is 4.79 Å². The van der Waals surface area contributed by atoms with E-state index >= 15 is 0 Å². The highest BCUT2D eigenvalue weighted by molar-refractivity contribution is 6.05. The Morgan fingerprint density at radius 3 is 2.29 bits per heavy atom. The normalized spacial score (nSPS) is 22.8. The monoisotopic (exact) mass is 482 g/mol. The van der Waals surface area contributed by atoms with E-state index < -0.39 is 35.9 Å². The Morgan fingerprint density at radius 1 is 0.829 bits per heavy atom. The van der Waals surface area contributed by atoms with Gasteiger partial charge in [0.15, 0.2) is 47.4 Å². The Balaban J connectivity index is 1.46. The average Bonchev–Trinajstić information content (AvgIpc) is 2.85. The number of fused-ring (bicyclic) bond motifs is 2. The number of carbonyl (C=O) groups is 1. The van der Waals surface area contributed by atoms with Gasteiger partial charge in [-0.2, -0.15) is 0 Å². The molecule has 0 amide bonds. The summed E-state index contributed by atoms with van der Waals surface area (Å²) < 4.78 is 23.0. The summed E-state index contributed by atoms with van der Waals surface area (Å²) >= 11 is 0. The topological polar surface area (TPSA) is 155 Å². The van der Waals surface area contributed by atoms with Gasteiger partial charge in [0.05, 0.1) is 13.7 Å². The van der Waals surface area contributed by atoms with Crippen LogP contribution in [0.3, 0.4) is 0 Å². The van der Waals surface area contributed by atoms with Crippen LogP contribution in [0.5, 0.6) is 40.2 Å². The summed E-state index contributed by atoms with van der Waals surface area (Å²) in [5, 5.41) is 50.2. The van der Waals surface area contributed by atoms with E-state index in [-0.39, 0.29) is 40.9 Å². The second-order valence-corrected chi connectivity index (χ2v) is 8.20. The molecule has 10 nitrogen and oxygen atoms in total. The molecule has 0 spiro atoms. The summed E-state index contributed by atoms with van der Waals surface area (Å²) in [6.45, 7) is -0.384. The highest BCUT2D eigenvalue weighted by Gasteiger charge is 2.40. The molecule has 0 fully saturated rings. The van der Waals surface area contributed by atoms with Crippen molar-refractivity contribution in [1.82, 2.24) is 0 Å². The number of rotatable bonds is 4. The van der Waals surface area contributed by atoms with Crippen LogP contribution in [0, 0.1) is 0 Å². The lowest BCUT2D eigenvalue weighted by atomic mass is 9.92. The van der Waals surface area contributed by atoms with E-state index in [9.17, 15) is 30.3 Å². The molecule has 2 heterocycles. The molecule has 35 heavy (non-hydrogen) atoms. The number of ether oxygens (including phenoxy) is 4. The number of phenols is 3. The van der Waals surface area contributed by atoms with Crippen LogP contribution in [0.15, 0.2) is 48.5 Å². The second-order valence-electron chi connectivity index (χ2n) is 8.20. The minimum absolute atomic E-state index is 0.0395. The first kappa shape index (κ1) is 22.6. The van der Waals surface area contributed by atoms with Crippen molar-refractivity contribution in [3.05, 3.63) is 65.2 Å². The summed E-state index contributed by atoms with van der Waals surface area (Å²) in [6.07, 6.45) is -4.27. The fourth-order valence-electron chi connectivity index (χ4n) is 4.28. The molecule has 2 aliphatic heterocycles. The minimum Gasteiger partial charge on any atom is -0.508 e. The molecule has 4 atom stereocenters. The van der Waals surface area contributed by atoms with E-state index in [0.29, 0.717) is 16.9 Å². The van der Waals surface area contributed by atoms with Crippen LogP contribution in [-0.4, -0.2) is 57.2 Å². The number of hydrogen-bond donors (Lipinski definition) is 5.